The van der Waals surface area contributed by atoms with Crippen LogP contribution in [-0.4, -0.2) is 46.9 Å². The molecule has 6 nitrogen and oxygen atoms in total. The van der Waals surface area contributed by atoms with E-state index in [9.17, 15) is 14.4 Å². The normalized spacial score (nSPS) is 16.3. The van der Waals surface area contributed by atoms with Gasteiger partial charge in [0.15, 0.2) is 0 Å². The summed E-state index contributed by atoms with van der Waals surface area (Å²) in [4.78, 5) is 36.7. The number of rotatable bonds is 6. The molecule has 1 aliphatic heterocycles. The number of carboxylic acids is 1. The van der Waals surface area contributed by atoms with Crippen LogP contribution >= 0.6 is 23.2 Å². The third kappa shape index (κ3) is 6.26. The second-order valence-electron chi connectivity index (χ2n) is 6.59. The summed E-state index contributed by atoms with van der Waals surface area (Å²) in [5.41, 5.74) is 0.673. The highest BCUT2D eigenvalue weighted by Crippen LogP contribution is 2.26. The van der Waals surface area contributed by atoms with Crippen molar-refractivity contribution in [1.29, 1.82) is 0 Å². The maximum absolute atomic E-state index is 12.3. The molecule has 0 saturated carbocycles. The molecule has 2 amide bonds. The van der Waals surface area contributed by atoms with Crippen LogP contribution in [-0.2, 0) is 14.4 Å². The van der Waals surface area contributed by atoms with Crippen LogP contribution in [0.2, 0.25) is 10.0 Å². The lowest BCUT2D eigenvalue weighted by atomic mass is 10.0. The Bertz CT molecular complexity index is 743. The molecule has 0 radical (unpaired) electrons. The summed E-state index contributed by atoms with van der Waals surface area (Å²) in [5, 5.41) is 12.5. The molecule has 2 N–H and O–H groups in total. The van der Waals surface area contributed by atoms with Gasteiger partial charge in [-0.1, -0.05) is 42.3 Å². The number of halogens is 2. The molecule has 0 spiro atoms. The van der Waals surface area contributed by atoms with Crippen molar-refractivity contribution in [3.8, 4) is 0 Å². The van der Waals surface area contributed by atoms with Crippen molar-refractivity contribution in [1.82, 2.24) is 10.2 Å². The van der Waals surface area contributed by atoms with Crippen LogP contribution in [0, 0.1) is 5.92 Å². The van der Waals surface area contributed by atoms with Gasteiger partial charge in [-0.15, -0.1) is 0 Å². The molecular weight excluding hydrogens is 391 g/mol. The first-order valence-corrected chi connectivity index (χ1v) is 9.46. The molecule has 1 fully saturated rings. The van der Waals surface area contributed by atoms with Crippen LogP contribution in [0.3, 0.4) is 0 Å². The minimum Gasteiger partial charge on any atom is -0.481 e. The first-order valence-electron chi connectivity index (χ1n) is 8.71. The van der Waals surface area contributed by atoms with Crippen molar-refractivity contribution >= 4 is 47.1 Å². The maximum atomic E-state index is 12.3. The molecule has 1 aromatic rings. The molecule has 8 heteroatoms. The molecule has 146 valence electrons. The third-order valence-electron chi connectivity index (χ3n) is 4.47. The Labute approximate surface area is 168 Å². The monoisotopic (exact) mass is 412 g/mol. The molecule has 1 heterocycles. The van der Waals surface area contributed by atoms with E-state index in [0.29, 0.717) is 41.5 Å². The fraction of sp³-hybridized carbons (Fsp3) is 0.421. The molecular formula is C19H22Cl2N2O4. The number of hydrogen-bond acceptors (Lipinski definition) is 3. The van der Waals surface area contributed by atoms with Crippen molar-refractivity contribution in [2.24, 2.45) is 5.92 Å². The van der Waals surface area contributed by atoms with E-state index in [2.05, 4.69) is 5.32 Å². The number of hydrogen-bond donors (Lipinski definition) is 2. The van der Waals surface area contributed by atoms with Crippen molar-refractivity contribution in [2.45, 2.75) is 32.2 Å². The van der Waals surface area contributed by atoms with E-state index < -0.39 is 11.9 Å². The first kappa shape index (κ1) is 21.3. The summed E-state index contributed by atoms with van der Waals surface area (Å²) in [5.74, 6) is -2.10. The van der Waals surface area contributed by atoms with Gasteiger partial charge in [-0.25, -0.2) is 0 Å². The topological polar surface area (TPSA) is 86.7 Å². The zero-order valence-electron chi connectivity index (χ0n) is 15.0. The predicted molar refractivity (Wildman–Crippen MR) is 105 cm³/mol. The van der Waals surface area contributed by atoms with E-state index in [-0.39, 0.29) is 24.3 Å². The highest BCUT2D eigenvalue weighted by atomic mass is 35.5. The standard InChI is InChI=1S/C19H22Cl2N2O4/c1-12(19(26)27)11-16(24)22-14-7-9-23(10-8-14)17(25)6-5-13-3-2-4-15(20)18(13)21/h2-6,12,14H,7-11H2,1H3,(H,22,24)(H,26,27)/t12-/m0/s1. The van der Waals surface area contributed by atoms with Gasteiger partial charge in [-0.05, 0) is 30.5 Å². The van der Waals surface area contributed by atoms with E-state index in [1.54, 1.807) is 29.2 Å². The van der Waals surface area contributed by atoms with Gasteiger partial charge in [0.25, 0.3) is 0 Å². The predicted octanol–water partition coefficient (Wildman–Crippen LogP) is 3.22. The molecule has 1 atom stereocenters. The van der Waals surface area contributed by atoms with Crippen LogP contribution < -0.4 is 5.32 Å². The number of benzene rings is 1. The Balaban J connectivity index is 1.82. The van der Waals surface area contributed by atoms with Crippen LogP contribution in [0.4, 0.5) is 0 Å². The summed E-state index contributed by atoms with van der Waals surface area (Å²) in [6.07, 6.45) is 4.32. The van der Waals surface area contributed by atoms with Gasteiger partial charge in [0.05, 0.1) is 16.0 Å². The van der Waals surface area contributed by atoms with Crippen LogP contribution in [0.5, 0.6) is 0 Å². The Hall–Kier alpha value is -2.05. The molecule has 0 aromatic heterocycles. The fourth-order valence-corrected chi connectivity index (χ4v) is 3.18. The van der Waals surface area contributed by atoms with Gasteiger partial charge in [-0.2, -0.15) is 0 Å². The number of aliphatic carboxylic acids is 1. The highest BCUT2D eigenvalue weighted by Gasteiger charge is 2.24. The first-order chi connectivity index (χ1) is 12.8. The molecule has 0 aliphatic carbocycles. The lowest BCUT2D eigenvalue weighted by molar-refractivity contribution is -0.143. The van der Waals surface area contributed by atoms with Crippen molar-refractivity contribution in [2.75, 3.05) is 13.1 Å². The van der Waals surface area contributed by atoms with Crippen molar-refractivity contribution < 1.29 is 19.5 Å². The number of carboxylic acid groups (broad SMARTS) is 1. The number of amides is 2. The summed E-state index contributed by atoms with van der Waals surface area (Å²) in [6.45, 7) is 2.54. The largest absolute Gasteiger partial charge is 0.481 e. The van der Waals surface area contributed by atoms with E-state index in [1.807, 2.05) is 0 Å². The Kier molecular flexibility index (Phi) is 7.68. The number of nitrogens with one attached hydrogen (secondary N) is 1. The van der Waals surface area contributed by atoms with E-state index in [1.165, 1.54) is 13.0 Å². The molecule has 1 saturated heterocycles. The quantitative estimate of drug-likeness (QED) is 0.702. The molecule has 1 aromatic carbocycles. The second-order valence-corrected chi connectivity index (χ2v) is 7.37. The van der Waals surface area contributed by atoms with Crippen LogP contribution in [0.25, 0.3) is 6.08 Å². The zero-order chi connectivity index (χ0) is 20.0. The molecule has 1 aliphatic rings. The summed E-state index contributed by atoms with van der Waals surface area (Å²) < 4.78 is 0. The Morgan fingerprint density at radius 3 is 2.59 bits per heavy atom. The summed E-state index contributed by atoms with van der Waals surface area (Å²) >= 11 is 12.1. The van der Waals surface area contributed by atoms with Gasteiger partial charge >= 0.3 is 5.97 Å². The van der Waals surface area contributed by atoms with Gasteiger partial charge in [0, 0.05) is 31.6 Å². The average molecular weight is 413 g/mol. The SMILES string of the molecule is C[C@@H](CC(=O)NC1CCN(C(=O)C=Cc2cccc(Cl)c2Cl)CC1)C(=O)O. The fourth-order valence-electron chi connectivity index (χ4n) is 2.81. The van der Waals surface area contributed by atoms with Gasteiger partial charge in [-0.3, -0.25) is 14.4 Å². The Morgan fingerprint density at radius 2 is 1.96 bits per heavy atom. The number of likely N-dealkylation sites (tertiary alicyclic amines) is 1. The number of carbonyl (C=O) groups excluding carboxylic acids is 2. The Morgan fingerprint density at radius 1 is 1.30 bits per heavy atom. The van der Waals surface area contributed by atoms with Crippen LogP contribution in [0.15, 0.2) is 24.3 Å². The van der Waals surface area contributed by atoms with Crippen molar-refractivity contribution in [3.05, 3.63) is 39.9 Å². The van der Waals surface area contributed by atoms with Gasteiger partial charge in [0.1, 0.15) is 0 Å². The minimum atomic E-state index is -0.989. The van der Waals surface area contributed by atoms with E-state index >= 15 is 0 Å². The van der Waals surface area contributed by atoms with E-state index in [0.717, 1.165) is 0 Å². The molecule has 0 bridgehead atoms. The number of carbonyl (C=O) groups is 3. The number of piperidine rings is 1. The highest BCUT2D eigenvalue weighted by molar-refractivity contribution is 6.42. The smallest absolute Gasteiger partial charge is 0.306 e. The molecule has 2 rings (SSSR count). The van der Waals surface area contributed by atoms with Crippen molar-refractivity contribution in [3.63, 3.8) is 0 Å². The maximum Gasteiger partial charge on any atom is 0.306 e. The van der Waals surface area contributed by atoms with E-state index in [4.69, 9.17) is 28.3 Å². The lowest BCUT2D eigenvalue weighted by Gasteiger charge is -2.32. The van der Waals surface area contributed by atoms with Crippen LogP contribution in [0.1, 0.15) is 31.7 Å². The number of nitrogens with zero attached hydrogens (tertiary/aromatic N) is 1. The minimum absolute atomic E-state index is 0.0440. The average Bonchev–Trinajstić information content (AvgIpc) is 2.63. The van der Waals surface area contributed by atoms with Gasteiger partial charge < -0.3 is 15.3 Å². The third-order valence-corrected chi connectivity index (χ3v) is 5.31. The molecule has 27 heavy (non-hydrogen) atoms. The second kappa shape index (κ2) is 9.76. The summed E-state index contributed by atoms with van der Waals surface area (Å²) in [6, 6.07) is 5.17. The van der Waals surface area contributed by atoms with Gasteiger partial charge in [0.2, 0.25) is 11.8 Å². The summed E-state index contributed by atoms with van der Waals surface area (Å²) in [7, 11) is 0. The molecule has 0 unspecified atom stereocenters. The zero-order valence-corrected chi connectivity index (χ0v) is 16.5. The lowest BCUT2D eigenvalue weighted by Crippen LogP contribution is -2.46.